The highest BCUT2D eigenvalue weighted by Crippen LogP contribution is 2.55. The molecular weight excluding hydrogens is 276 g/mol. The van der Waals surface area contributed by atoms with Crippen molar-refractivity contribution in [1.82, 2.24) is 0 Å². The molecule has 21 heavy (non-hydrogen) atoms. The molecule has 1 heterocycles. The first-order valence-electron chi connectivity index (χ1n) is 8.43. The summed E-state index contributed by atoms with van der Waals surface area (Å²) in [6, 6.07) is 1.21. The van der Waals surface area contributed by atoms with Crippen LogP contribution in [0.4, 0.5) is 0 Å². The van der Waals surface area contributed by atoms with Gasteiger partial charge in [0.25, 0.3) is 0 Å². The highest BCUT2D eigenvalue weighted by atomic mass is 28.3. The largest absolute Gasteiger partial charge is 0.350 e. The summed E-state index contributed by atoms with van der Waals surface area (Å²) in [4.78, 5) is 0. The number of rotatable bonds is 6. The maximum absolute atomic E-state index is 6.01. The van der Waals surface area contributed by atoms with Gasteiger partial charge in [-0.15, -0.1) is 0 Å². The molecule has 0 aromatic carbocycles. The van der Waals surface area contributed by atoms with Gasteiger partial charge in [-0.25, -0.2) is 0 Å². The highest BCUT2D eigenvalue weighted by molar-refractivity contribution is 6.76. The zero-order chi connectivity index (χ0) is 16.7. The van der Waals surface area contributed by atoms with Crippen molar-refractivity contribution in [1.29, 1.82) is 0 Å². The zero-order valence-electron chi connectivity index (χ0n) is 16.1. The van der Waals surface area contributed by atoms with Crippen molar-refractivity contribution >= 4 is 8.07 Å². The second-order valence-corrected chi connectivity index (χ2v) is 16.1. The number of ether oxygens (including phenoxy) is 2. The molecule has 0 amide bonds. The molecule has 1 saturated heterocycles. The summed E-state index contributed by atoms with van der Waals surface area (Å²) in [5, 5.41) is 0. The van der Waals surface area contributed by atoms with Gasteiger partial charge in [0, 0.05) is 20.1 Å². The minimum atomic E-state index is -1.02. The van der Waals surface area contributed by atoms with Crippen LogP contribution in [0.15, 0.2) is 0 Å². The SMILES string of the molecule is CC(C)(C)CC(C)(C1OC1OCC[Si](C)(C)C)C(C)(C)C. The van der Waals surface area contributed by atoms with E-state index in [4.69, 9.17) is 9.47 Å². The molecule has 0 aromatic rings. The van der Waals surface area contributed by atoms with E-state index in [1.807, 2.05) is 0 Å². The topological polar surface area (TPSA) is 21.8 Å². The fourth-order valence-corrected chi connectivity index (χ4v) is 3.78. The van der Waals surface area contributed by atoms with Gasteiger partial charge in [0.15, 0.2) is 6.29 Å². The van der Waals surface area contributed by atoms with E-state index in [2.05, 4.69) is 68.1 Å². The summed E-state index contributed by atoms with van der Waals surface area (Å²) in [5.41, 5.74) is 0.660. The van der Waals surface area contributed by atoms with Gasteiger partial charge in [0.2, 0.25) is 0 Å². The second kappa shape index (κ2) is 5.97. The third kappa shape index (κ3) is 5.68. The molecule has 3 unspecified atom stereocenters. The quantitative estimate of drug-likeness (QED) is 0.473. The summed E-state index contributed by atoms with van der Waals surface area (Å²) >= 11 is 0. The van der Waals surface area contributed by atoms with E-state index in [1.165, 1.54) is 6.04 Å². The van der Waals surface area contributed by atoms with E-state index >= 15 is 0 Å². The maximum atomic E-state index is 6.01. The van der Waals surface area contributed by atoms with Gasteiger partial charge in [-0.3, -0.25) is 0 Å². The molecule has 0 radical (unpaired) electrons. The number of hydrogen-bond acceptors (Lipinski definition) is 2. The van der Waals surface area contributed by atoms with Gasteiger partial charge in [-0.2, -0.15) is 0 Å². The first-order chi connectivity index (χ1) is 9.16. The molecule has 0 bridgehead atoms. The molecule has 1 aliphatic heterocycles. The molecule has 0 saturated carbocycles. The van der Waals surface area contributed by atoms with Gasteiger partial charge >= 0.3 is 0 Å². The van der Waals surface area contributed by atoms with Crippen LogP contribution in [0.25, 0.3) is 0 Å². The van der Waals surface area contributed by atoms with Crippen LogP contribution in [-0.2, 0) is 9.47 Å². The van der Waals surface area contributed by atoms with E-state index in [0.29, 0.717) is 5.41 Å². The molecule has 1 rings (SSSR count). The molecule has 1 fully saturated rings. The van der Waals surface area contributed by atoms with Crippen molar-refractivity contribution in [3.63, 3.8) is 0 Å². The lowest BCUT2D eigenvalue weighted by Gasteiger charge is -2.45. The third-order valence-electron chi connectivity index (χ3n) is 4.82. The molecule has 0 aliphatic carbocycles. The van der Waals surface area contributed by atoms with E-state index in [1.54, 1.807) is 0 Å². The first-order valence-corrected chi connectivity index (χ1v) is 12.1. The average Bonchev–Trinajstić information content (AvgIpc) is 2.90. The predicted molar refractivity (Wildman–Crippen MR) is 94.4 cm³/mol. The Hall–Kier alpha value is 0.137. The summed E-state index contributed by atoms with van der Waals surface area (Å²) in [6.07, 6.45) is 1.42. The average molecular weight is 315 g/mol. The fraction of sp³-hybridized carbons (Fsp3) is 1.00. The van der Waals surface area contributed by atoms with Gasteiger partial charge in [0.1, 0.15) is 6.10 Å². The maximum Gasteiger partial charge on any atom is 0.184 e. The Bertz CT molecular complexity index is 346. The van der Waals surface area contributed by atoms with E-state index < -0.39 is 8.07 Å². The molecule has 3 heteroatoms. The van der Waals surface area contributed by atoms with Crippen LogP contribution in [0.2, 0.25) is 25.7 Å². The van der Waals surface area contributed by atoms with Gasteiger partial charge in [-0.1, -0.05) is 68.1 Å². The Kier molecular flexibility index (Phi) is 5.46. The lowest BCUT2D eigenvalue weighted by molar-refractivity contribution is 0.0228. The summed E-state index contributed by atoms with van der Waals surface area (Å²) in [7, 11) is -1.02. The molecule has 1 aliphatic rings. The molecule has 2 nitrogen and oxygen atoms in total. The van der Waals surface area contributed by atoms with Crippen molar-refractivity contribution in [3.8, 4) is 0 Å². The third-order valence-corrected chi connectivity index (χ3v) is 6.53. The molecule has 0 spiro atoms. The van der Waals surface area contributed by atoms with Crippen LogP contribution >= 0.6 is 0 Å². The Morgan fingerprint density at radius 3 is 1.86 bits per heavy atom. The molecular formula is C18H38O2Si. The molecule has 0 N–H and O–H groups in total. The Morgan fingerprint density at radius 2 is 1.48 bits per heavy atom. The number of epoxide rings is 1. The monoisotopic (exact) mass is 314 g/mol. The number of hydrogen-bond donors (Lipinski definition) is 0. The van der Waals surface area contributed by atoms with Crippen LogP contribution in [0, 0.1) is 16.2 Å². The van der Waals surface area contributed by atoms with Crippen molar-refractivity contribution in [2.45, 2.75) is 93.0 Å². The van der Waals surface area contributed by atoms with E-state index in [9.17, 15) is 0 Å². The Morgan fingerprint density at radius 1 is 0.952 bits per heavy atom. The van der Waals surface area contributed by atoms with Gasteiger partial charge in [-0.05, 0) is 23.3 Å². The predicted octanol–water partition coefficient (Wildman–Crippen LogP) is 5.55. The Labute approximate surface area is 134 Å². The Balaban J connectivity index is 2.64. The summed E-state index contributed by atoms with van der Waals surface area (Å²) in [5.74, 6) is 0. The highest BCUT2D eigenvalue weighted by Gasteiger charge is 2.58. The second-order valence-electron chi connectivity index (χ2n) is 10.5. The van der Waals surface area contributed by atoms with Crippen LogP contribution < -0.4 is 0 Å². The van der Waals surface area contributed by atoms with Crippen molar-refractivity contribution < 1.29 is 9.47 Å². The van der Waals surface area contributed by atoms with Gasteiger partial charge < -0.3 is 9.47 Å². The van der Waals surface area contributed by atoms with E-state index in [0.717, 1.165) is 13.0 Å². The van der Waals surface area contributed by atoms with E-state index in [-0.39, 0.29) is 23.2 Å². The molecule has 0 aromatic heterocycles. The standard InChI is InChI=1S/C18H38O2Si/c1-16(2,3)13-18(7,17(4,5)6)14-15(20-14)19-11-12-21(8,9)10/h14-15H,11-13H2,1-10H3. The normalized spacial score (nSPS) is 26.6. The molecule has 126 valence electrons. The van der Waals surface area contributed by atoms with Gasteiger partial charge in [0.05, 0.1) is 0 Å². The van der Waals surface area contributed by atoms with Crippen LogP contribution in [0.5, 0.6) is 0 Å². The lowest BCUT2D eigenvalue weighted by atomic mass is 9.59. The minimum absolute atomic E-state index is 0.0212. The summed E-state index contributed by atoms with van der Waals surface area (Å²) < 4.78 is 12.0. The fourth-order valence-electron chi connectivity index (χ4n) is 3.05. The van der Waals surface area contributed by atoms with Crippen LogP contribution in [0.1, 0.15) is 54.9 Å². The van der Waals surface area contributed by atoms with Crippen LogP contribution in [0.3, 0.4) is 0 Å². The lowest BCUT2D eigenvalue weighted by Crippen LogP contribution is -2.42. The minimum Gasteiger partial charge on any atom is -0.350 e. The first kappa shape index (κ1) is 19.2. The van der Waals surface area contributed by atoms with Crippen molar-refractivity contribution in [2.24, 2.45) is 16.2 Å². The molecule has 3 atom stereocenters. The van der Waals surface area contributed by atoms with Crippen LogP contribution in [-0.4, -0.2) is 27.1 Å². The smallest absolute Gasteiger partial charge is 0.184 e. The summed E-state index contributed by atoms with van der Waals surface area (Å²) in [6.45, 7) is 24.4. The zero-order valence-corrected chi connectivity index (χ0v) is 17.1. The van der Waals surface area contributed by atoms with Crippen molar-refractivity contribution in [3.05, 3.63) is 0 Å². The van der Waals surface area contributed by atoms with Crippen molar-refractivity contribution in [2.75, 3.05) is 6.61 Å².